The molecule has 1 fully saturated rings. The van der Waals surface area contributed by atoms with Crippen molar-refractivity contribution in [2.75, 3.05) is 19.6 Å². The van der Waals surface area contributed by atoms with Crippen molar-refractivity contribution in [3.8, 4) is 0 Å². The van der Waals surface area contributed by atoms with E-state index in [2.05, 4.69) is 24.1 Å². The van der Waals surface area contributed by atoms with Gasteiger partial charge in [-0.25, -0.2) is 0 Å². The summed E-state index contributed by atoms with van der Waals surface area (Å²) in [6.45, 7) is 6.59. The maximum Gasteiger partial charge on any atom is 0.255 e. The molecule has 1 aromatic heterocycles. The Balaban J connectivity index is 2.21. The molecule has 0 spiro atoms. The highest BCUT2D eigenvalue weighted by molar-refractivity contribution is 5.94. The molecule has 4 heteroatoms. The van der Waals surface area contributed by atoms with Crippen LogP contribution in [0.2, 0.25) is 0 Å². The smallest absolute Gasteiger partial charge is 0.255 e. The predicted octanol–water partition coefficient (Wildman–Crippen LogP) is 0.906. The van der Waals surface area contributed by atoms with Crippen molar-refractivity contribution >= 4 is 5.91 Å². The fourth-order valence-corrected chi connectivity index (χ4v) is 2.00. The second kappa shape index (κ2) is 4.22. The molecule has 0 unspecified atom stereocenters. The van der Waals surface area contributed by atoms with E-state index in [-0.39, 0.29) is 11.4 Å². The Morgan fingerprint density at radius 2 is 2.38 bits per heavy atom. The number of aromatic nitrogens is 1. The zero-order valence-corrected chi connectivity index (χ0v) is 9.73. The largest absolute Gasteiger partial charge is 0.331 e. The van der Waals surface area contributed by atoms with Crippen LogP contribution in [0.5, 0.6) is 0 Å². The van der Waals surface area contributed by atoms with Gasteiger partial charge in [-0.15, -0.1) is 0 Å². The van der Waals surface area contributed by atoms with Crippen molar-refractivity contribution in [3.05, 3.63) is 30.1 Å². The van der Waals surface area contributed by atoms with E-state index in [0.29, 0.717) is 5.56 Å². The van der Waals surface area contributed by atoms with Gasteiger partial charge in [0.05, 0.1) is 11.1 Å². The average Bonchev–Trinajstić information content (AvgIpc) is 2.29. The fourth-order valence-electron chi connectivity index (χ4n) is 2.00. The van der Waals surface area contributed by atoms with Gasteiger partial charge in [-0.2, -0.15) is 0 Å². The standard InChI is InChI=1S/C12H17N3O/c1-12(2)9-14-6-7-15(12)11(16)10-4-3-5-13-8-10/h3-5,8,14H,6-7,9H2,1-2H3. The second-order valence-electron chi connectivity index (χ2n) is 4.69. The molecular formula is C12H17N3O. The number of carbonyl (C=O) groups is 1. The number of piperazine rings is 1. The molecule has 4 nitrogen and oxygen atoms in total. The Kier molecular flexibility index (Phi) is 2.92. The zero-order chi connectivity index (χ0) is 11.6. The maximum atomic E-state index is 12.3. The Labute approximate surface area is 95.7 Å². The number of amides is 1. The van der Waals surface area contributed by atoms with Gasteiger partial charge in [-0.1, -0.05) is 0 Å². The summed E-state index contributed by atoms with van der Waals surface area (Å²) in [4.78, 5) is 18.2. The zero-order valence-electron chi connectivity index (χ0n) is 9.73. The summed E-state index contributed by atoms with van der Waals surface area (Å²) in [6.07, 6.45) is 3.31. The molecule has 1 N–H and O–H groups in total. The number of carbonyl (C=O) groups excluding carboxylic acids is 1. The lowest BCUT2D eigenvalue weighted by atomic mass is 9.99. The minimum atomic E-state index is -0.134. The lowest BCUT2D eigenvalue weighted by Gasteiger charge is -2.42. The van der Waals surface area contributed by atoms with Crippen LogP contribution in [0, 0.1) is 0 Å². The van der Waals surface area contributed by atoms with Crippen molar-refractivity contribution in [2.45, 2.75) is 19.4 Å². The summed E-state index contributed by atoms with van der Waals surface area (Å²) in [5.74, 6) is 0.0691. The highest BCUT2D eigenvalue weighted by Crippen LogP contribution is 2.18. The van der Waals surface area contributed by atoms with Crippen molar-refractivity contribution in [2.24, 2.45) is 0 Å². The predicted molar refractivity (Wildman–Crippen MR) is 62.2 cm³/mol. The van der Waals surface area contributed by atoms with Gasteiger partial charge in [0.15, 0.2) is 0 Å². The van der Waals surface area contributed by atoms with Crippen LogP contribution < -0.4 is 5.32 Å². The van der Waals surface area contributed by atoms with Crippen LogP contribution in [0.4, 0.5) is 0 Å². The van der Waals surface area contributed by atoms with Crippen LogP contribution in [0.3, 0.4) is 0 Å². The first-order valence-electron chi connectivity index (χ1n) is 5.54. The summed E-state index contributed by atoms with van der Waals surface area (Å²) in [5.41, 5.74) is 0.531. The molecule has 0 aromatic carbocycles. The normalized spacial score (nSPS) is 19.5. The van der Waals surface area contributed by atoms with Crippen molar-refractivity contribution in [1.29, 1.82) is 0 Å². The molecule has 86 valence electrons. The Bertz CT molecular complexity index is 375. The van der Waals surface area contributed by atoms with E-state index in [1.54, 1.807) is 18.5 Å². The Hall–Kier alpha value is -1.42. The number of hydrogen-bond donors (Lipinski definition) is 1. The third-order valence-electron chi connectivity index (χ3n) is 2.95. The summed E-state index contributed by atoms with van der Waals surface area (Å²) in [7, 11) is 0. The van der Waals surface area contributed by atoms with Gasteiger partial charge < -0.3 is 10.2 Å². The van der Waals surface area contributed by atoms with E-state index >= 15 is 0 Å². The number of hydrogen-bond acceptors (Lipinski definition) is 3. The van der Waals surface area contributed by atoms with Gasteiger partial charge in [0, 0.05) is 32.0 Å². The maximum absolute atomic E-state index is 12.3. The fraction of sp³-hybridized carbons (Fsp3) is 0.500. The van der Waals surface area contributed by atoms with E-state index in [0.717, 1.165) is 19.6 Å². The van der Waals surface area contributed by atoms with Gasteiger partial charge in [-0.3, -0.25) is 9.78 Å². The quantitative estimate of drug-likeness (QED) is 0.763. The van der Waals surface area contributed by atoms with Crippen LogP contribution in [0.25, 0.3) is 0 Å². The molecule has 1 saturated heterocycles. The van der Waals surface area contributed by atoms with Crippen LogP contribution in [-0.4, -0.2) is 41.0 Å². The Morgan fingerprint density at radius 3 is 3.00 bits per heavy atom. The lowest BCUT2D eigenvalue weighted by Crippen LogP contribution is -2.59. The number of rotatable bonds is 1. The van der Waals surface area contributed by atoms with E-state index in [1.165, 1.54) is 0 Å². The number of nitrogens with one attached hydrogen (secondary N) is 1. The van der Waals surface area contributed by atoms with Gasteiger partial charge in [0.25, 0.3) is 5.91 Å². The van der Waals surface area contributed by atoms with E-state index in [4.69, 9.17) is 0 Å². The van der Waals surface area contributed by atoms with Gasteiger partial charge >= 0.3 is 0 Å². The second-order valence-corrected chi connectivity index (χ2v) is 4.69. The minimum absolute atomic E-state index is 0.0691. The van der Waals surface area contributed by atoms with Gasteiger partial charge in [0.1, 0.15) is 0 Å². The minimum Gasteiger partial charge on any atom is -0.331 e. The summed E-state index contributed by atoms with van der Waals surface area (Å²) >= 11 is 0. The molecule has 1 aliphatic rings. The molecule has 2 rings (SSSR count). The van der Waals surface area contributed by atoms with Crippen LogP contribution in [0.15, 0.2) is 24.5 Å². The third kappa shape index (κ3) is 2.07. The summed E-state index contributed by atoms with van der Waals surface area (Å²) < 4.78 is 0. The first-order valence-corrected chi connectivity index (χ1v) is 5.54. The highest BCUT2D eigenvalue weighted by Gasteiger charge is 2.33. The molecule has 0 aliphatic carbocycles. The first-order chi connectivity index (χ1) is 7.61. The molecule has 0 atom stereocenters. The first kappa shape index (κ1) is 11.1. The molecule has 16 heavy (non-hydrogen) atoms. The number of pyridine rings is 1. The van der Waals surface area contributed by atoms with Crippen molar-refractivity contribution < 1.29 is 4.79 Å². The molecule has 0 saturated carbocycles. The topological polar surface area (TPSA) is 45.2 Å². The molecular weight excluding hydrogens is 202 g/mol. The third-order valence-corrected chi connectivity index (χ3v) is 2.95. The molecule has 0 bridgehead atoms. The lowest BCUT2D eigenvalue weighted by molar-refractivity contribution is 0.0477. The molecule has 2 heterocycles. The van der Waals surface area contributed by atoms with E-state index in [1.807, 2.05) is 11.0 Å². The van der Waals surface area contributed by atoms with Gasteiger partial charge in [0.2, 0.25) is 0 Å². The highest BCUT2D eigenvalue weighted by atomic mass is 16.2. The average molecular weight is 219 g/mol. The monoisotopic (exact) mass is 219 g/mol. The van der Waals surface area contributed by atoms with Crippen molar-refractivity contribution in [1.82, 2.24) is 15.2 Å². The van der Waals surface area contributed by atoms with Crippen LogP contribution in [-0.2, 0) is 0 Å². The number of nitrogens with zero attached hydrogens (tertiary/aromatic N) is 2. The Morgan fingerprint density at radius 1 is 1.56 bits per heavy atom. The summed E-state index contributed by atoms with van der Waals surface area (Å²) in [6, 6.07) is 3.61. The van der Waals surface area contributed by atoms with Crippen LogP contribution >= 0.6 is 0 Å². The molecule has 1 amide bonds. The molecule has 1 aromatic rings. The van der Waals surface area contributed by atoms with Crippen molar-refractivity contribution in [3.63, 3.8) is 0 Å². The van der Waals surface area contributed by atoms with E-state index in [9.17, 15) is 4.79 Å². The van der Waals surface area contributed by atoms with Crippen LogP contribution in [0.1, 0.15) is 24.2 Å². The molecule has 0 radical (unpaired) electrons. The SMILES string of the molecule is CC1(C)CNCCN1C(=O)c1cccnc1. The van der Waals surface area contributed by atoms with E-state index < -0.39 is 0 Å². The summed E-state index contributed by atoms with van der Waals surface area (Å²) in [5, 5.41) is 3.30. The molecule has 1 aliphatic heterocycles. The van der Waals surface area contributed by atoms with Gasteiger partial charge in [-0.05, 0) is 26.0 Å².